The van der Waals surface area contributed by atoms with Crippen molar-refractivity contribution in [3.05, 3.63) is 46.2 Å². The van der Waals surface area contributed by atoms with Crippen LogP contribution >= 0.6 is 11.3 Å². The summed E-state index contributed by atoms with van der Waals surface area (Å²) in [6.45, 7) is 2.53. The van der Waals surface area contributed by atoms with Gasteiger partial charge < -0.3 is 9.80 Å². The molecule has 0 aliphatic carbocycles. The van der Waals surface area contributed by atoms with E-state index in [2.05, 4.69) is 0 Å². The number of thiophene rings is 1. The summed E-state index contributed by atoms with van der Waals surface area (Å²) in [6.07, 6.45) is 0. The number of rotatable bonds is 3. The van der Waals surface area contributed by atoms with Crippen LogP contribution < -0.4 is 10.0 Å². The molecule has 0 bridgehead atoms. The molecule has 0 saturated carbocycles. The van der Waals surface area contributed by atoms with E-state index in [0.717, 1.165) is 22.6 Å². The van der Waals surface area contributed by atoms with Gasteiger partial charge in [0.1, 0.15) is 16.3 Å². The fourth-order valence-electron chi connectivity index (χ4n) is 2.67. The summed E-state index contributed by atoms with van der Waals surface area (Å²) in [7, 11) is -3.98. The summed E-state index contributed by atoms with van der Waals surface area (Å²) in [5.74, 6) is -0.701. The molecular formula is C16H17N3O4S2. The zero-order chi connectivity index (χ0) is 18.2. The van der Waals surface area contributed by atoms with E-state index in [1.165, 1.54) is 16.3 Å². The third-order valence-electron chi connectivity index (χ3n) is 3.98. The van der Waals surface area contributed by atoms with Gasteiger partial charge in [-0.2, -0.15) is 0 Å². The van der Waals surface area contributed by atoms with Crippen molar-refractivity contribution in [3.8, 4) is 0 Å². The first-order chi connectivity index (χ1) is 11.8. The fourth-order valence-corrected chi connectivity index (χ4v) is 4.60. The maximum Gasteiger partial charge on any atom is 0.265 e. The third-order valence-corrected chi connectivity index (χ3v) is 5.97. The third kappa shape index (κ3) is 3.58. The molecule has 1 aliphatic heterocycles. The van der Waals surface area contributed by atoms with Crippen LogP contribution in [0.5, 0.6) is 0 Å². The van der Waals surface area contributed by atoms with Gasteiger partial charge in [0.2, 0.25) is 15.9 Å². The summed E-state index contributed by atoms with van der Waals surface area (Å²) in [6, 6.07) is 8.87. The number of nitrogens with two attached hydrogens (primary N) is 1. The number of amides is 2. The van der Waals surface area contributed by atoms with E-state index in [1.807, 2.05) is 31.2 Å². The van der Waals surface area contributed by atoms with Crippen LogP contribution in [-0.4, -0.2) is 44.8 Å². The van der Waals surface area contributed by atoms with Gasteiger partial charge in [-0.1, -0.05) is 17.7 Å². The number of carbonyl (C=O) groups excluding carboxylic acids is 2. The monoisotopic (exact) mass is 379 g/mol. The van der Waals surface area contributed by atoms with Gasteiger partial charge in [-0.25, -0.2) is 13.6 Å². The number of piperazine rings is 1. The quantitative estimate of drug-likeness (QED) is 0.866. The molecule has 2 aromatic rings. The van der Waals surface area contributed by atoms with Crippen LogP contribution in [0, 0.1) is 6.92 Å². The first-order valence-electron chi connectivity index (χ1n) is 7.54. The Morgan fingerprint density at radius 3 is 2.44 bits per heavy atom. The predicted molar refractivity (Wildman–Crippen MR) is 95.1 cm³/mol. The van der Waals surface area contributed by atoms with Crippen LogP contribution in [0.1, 0.15) is 15.2 Å². The second-order valence-electron chi connectivity index (χ2n) is 5.77. The van der Waals surface area contributed by atoms with Crippen molar-refractivity contribution < 1.29 is 18.0 Å². The van der Waals surface area contributed by atoms with E-state index >= 15 is 0 Å². The zero-order valence-electron chi connectivity index (χ0n) is 13.5. The van der Waals surface area contributed by atoms with Crippen LogP contribution in [0.15, 0.2) is 40.6 Å². The molecule has 1 aromatic heterocycles. The smallest absolute Gasteiger partial charge is 0.265 e. The number of anilines is 1. The highest BCUT2D eigenvalue weighted by Gasteiger charge is 2.31. The molecule has 1 fully saturated rings. The van der Waals surface area contributed by atoms with Crippen molar-refractivity contribution in [1.82, 2.24) is 4.90 Å². The highest BCUT2D eigenvalue weighted by Crippen LogP contribution is 2.24. The van der Waals surface area contributed by atoms with Gasteiger partial charge >= 0.3 is 0 Å². The Kier molecular flexibility index (Phi) is 4.63. The minimum atomic E-state index is -3.98. The van der Waals surface area contributed by atoms with Crippen LogP contribution in [0.2, 0.25) is 0 Å². The van der Waals surface area contributed by atoms with Crippen LogP contribution in [0.25, 0.3) is 0 Å². The minimum Gasteiger partial charge on any atom is -0.327 e. The van der Waals surface area contributed by atoms with Gasteiger partial charge in [0, 0.05) is 18.8 Å². The van der Waals surface area contributed by atoms with Crippen molar-refractivity contribution in [1.29, 1.82) is 0 Å². The Bertz CT molecular complexity index is 919. The molecule has 2 N–H and O–H groups in total. The lowest BCUT2D eigenvalue weighted by atomic mass is 10.2. The Hall–Kier alpha value is -2.23. The molecule has 0 unspecified atom stereocenters. The highest BCUT2D eigenvalue weighted by atomic mass is 32.2. The van der Waals surface area contributed by atoms with Crippen molar-refractivity contribution in [2.45, 2.75) is 11.8 Å². The Morgan fingerprint density at radius 2 is 1.84 bits per heavy atom. The minimum absolute atomic E-state index is 0.0408. The molecule has 1 aliphatic rings. The first-order valence-corrected chi connectivity index (χ1v) is 9.96. The molecule has 0 radical (unpaired) electrons. The summed E-state index contributed by atoms with van der Waals surface area (Å²) in [5.41, 5.74) is 1.88. The average molecular weight is 379 g/mol. The van der Waals surface area contributed by atoms with Crippen LogP contribution in [0.3, 0.4) is 0 Å². The van der Waals surface area contributed by atoms with Crippen molar-refractivity contribution in [2.75, 3.05) is 24.5 Å². The maximum atomic E-state index is 12.6. The Morgan fingerprint density at radius 1 is 1.16 bits per heavy atom. The highest BCUT2D eigenvalue weighted by molar-refractivity contribution is 7.89. The van der Waals surface area contributed by atoms with E-state index in [1.54, 1.807) is 4.90 Å². The van der Waals surface area contributed by atoms with E-state index in [4.69, 9.17) is 5.14 Å². The number of aryl methyl sites for hydroxylation is 1. The Balaban J connectivity index is 1.77. The van der Waals surface area contributed by atoms with Gasteiger partial charge in [-0.05, 0) is 30.5 Å². The van der Waals surface area contributed by atoms with E-state index in [9.17, 15) is 18.0 Å². The lowest BCUT2D eigenvalue weighted by Crippen LogP contribution is -2.52. The van der Waals surface area contributed by atoms with Crippen molar-refractivity contribution in [2.24, 2.45) is 5.14 Å². The number of nitrogens with zero attached hydrogens (tertiary/aromatic N) is 2. The molecule has 1 aromatic carbocycles. The number of benzene rings is 1. The number of carbonyl (C=O) groups is 2. The molecule has 25 heavy (non-hydrogen) atoms. The molecule has 2 heterocycles. The summed E-state index contributed by atoms with van der Waals surface area (Å²) in [4.78, 5) is 27.9. The maximum absolute atomic E-state index is 12.6. The number of hydrogen-bond acceptors (Lipinski definition) is 5. The largest absolute Gasteiger partial charge is 0.327 e. The van der Waals surface area contributed by atoms with Gasteiger partial charge in [-0.3, -0.25) is 9.59 Å². The molecule has 3 rings (SSSR count). The van der Waals surface area contributed by atoms with Crippen molar-refractivity contribution >= 4 is 38.9 Å². The second kappa shape index (κ2) is 6.58. The van der Waals surface area contributed by atoms with Gasteiger partial charge in [-0.15, -0.1) is 11.3 Å². The van der Waals surface area contributed by atoms with E-state index in [0.29, 0.717) is 13.1 Å². The van der Waals surface area contributed by atoms with Gasteiger partial charge in [0.05, 0.1) is 0 Å². The van der Waals surface area contributed by atoms with Crippen molar-refractivity contribution in [3.63, 3.8) is 0 Å². The predicted octanol–water partition coefficient (Wildman–Crippen LogP) is 1.19. The lowest BCUT2D eigenvalue weighted by molar-refractivity contribution is -0.120. The number of sulfonamides is 1. The molecule has 2 amide bonds. The summed E-state index contributed by atoms with van der Waals surface area (Å²) < 4.78 is 23.1. The van der Waals surface area contributed by atoms with Crippen LogP contribution in [0.4, 0.5) is 5.69 Å². The first kappa shape index (κ1) is 17.6. The van der Waals surface area contributed by atoms with E-state index < -0.39 is 15.9 Å². The molecule has 0 spiro atoms. The number of primary sulfonamides is 1. The van der Waals surface area contributed by atoms with E-state index in [-0.39, 0.29) is 22.2 Å². The summed E-state index contributed by atoms with van der Waals surface area (Å²) in [5, 5.41) is 6.64. The standard InChI is InChI=1S/C16H17N3O4S2/c1-11-2-4-12(5-3-11)19-8-7-18(10-14(19)20)16(21)15-13(6-9-24-15)25(17,22)23/h2-6,9H,7-8,10H2,1H3,(H2,17,22,23). The molecule has 0 atom stereocenters. The number of hydrogen-bond donors (Lipinski definition) is 1. The SMILES string of the molecule is Cc1ccc(N2CCN(C(=O)c3sccc3S(N)(=O)=O)CC2=O)cc1. The van der Waals surface area contributed by atoms with Gasteiger partial charge in [0.25, 0.3) is 5.91 Å². The normalized spacial score (nSPS) is 15.5. The second-order valence-corrected chi connectivity index (χ2v) is 8.21. The lowest BCUT2D eigenvalue weighted by Gasteiger charge is -2.34. The topological polar surface area (TPSA) is 101 Å². The van der Waals surface area contributed by atoms with Gasteiger partial charge in [0.15, 0.2) is 0 Å². The summed E-state index contributed by atoms with van der Waals surface area (Å²) >= 11 is 1.00. The molecule has 7 nitrogen and oxygen atoms in total. The fraction of sp³-hybridized carbons (Fsp3) is 0.250. The molecule has 1 saturated heterocycles. The molecule has 132 valence electrons. The Labute approximate surface area is 149 Å². The van der Waals surface area contributed by atoms with Crippen LogP contribution in [-0.2, 0) is 14.8 Å². The molecule has 9 heteroatoms. The zero-order valence-corrected chi connectivity index (χ0v) is 15.1. The average Bonchev–Trinajstić information content (AvgIpc) is 3.05. The molecular weight excluding hydrogens is 362 g/mol.